The highest BCUT2D eigenvalue weighted by Crippen LogP contribution is 2.71. The average molecular weight is 642 g/mol. The molecule has 0 radical (unpaired) electrons. The topological polar surface area (TPSA) is 51.1 Å². The van der Waals surface area contributed by atoms with E-state index in [2.05, 4.69) is 69.4 Å². The van der Waals surface area contributed by atoms with Gasteiger partial charge in [-0.2, -0.15) is 0 Å². The molecule has 1 atom stereocenters. The summed E-state index contributed by atoms with van der Waals surface area (Å²) in [6.07, 6.45) is 8.16. The lowest BCUT2D eigenvalue weighted by atomic mass is 9.41. The van der Waals surface area contributed by atoms with Crippen molar-refractivity contribution in [2.24, 2.45) is 28.7 Å². The van der Waals surface area contributed by atoms with Crippen LogP contribution in [0.4, 0.5) is 11.4 Å². The van der Waals surface area contributed by atoms with Gasteiger partial charge in [0.25, 0.3) is 0 Å². The van der Waals surface area contributed by atoms with Gasteiger partial charge in [-0.3, -0.25) is 14.7 Å². The maximum absolute atomic E-state index is 12.2. The Morgan fingerprint density at radius 1 is 0.976 bits per heavy atom. The van der Waals surface area contributed by atoms with Crippen molar-refractivity contribution in [1.82, 2.24) is 0 Å². The third-order valence-electron chi connectivity index (χ3n) is 11.0. The van der Waals surface area contributed by atoms with Gasteiger partial charge in [-0.05, 0) is 120 Å². The van der Waals surface area contributed by atoms with Gasteiger partial charge in [-0.1, -0.05) is 45.7 Å². The molecule has 0 saturated heterocycles. The number of ether oxygens (including phenoxy) is 2. The molecule has 0 aromatic heterocycles. The molecule has 7 heteroatoms. The van der Waals surface area contributed by atoms with Crippen LogP contribution in [0.2, 0.25) is 5.02 Å². The van der Waals surface area contributed by atoms with Crippen LogP contribution in [0.3, 0.4) is 0 Å². The van der Waals surface area contributed by atoms with E-state index in [4.69, 9.17) is 26.1 Å². The molecule has 1 unspecified atom stereocenters. The smallest absolute Gasteiger partial charge is 0.304 e. The predicted molar refractivity (Wildman–Crippen MR) is 170 cm³/mol. The second-order valence-corrected chi connectivity index (χ2v) is 14.4. The van der Waals surface area contributed by atoms with Gasteiger partial charge in [0.1, 0.15) is 5.69 Å². The number of carbonyl (C=O) groups is 1. The Morgan fingerprint density at radius 2 is 1.74 bits per heavy atom. The summed E-state index contributed by atoms with van der Waals surface area (Å²) in [5.41, 5.74) is 1.79. The summed E-state index contributed by atoms with van der Waals surface area (Å²) in [6.45, 7) is 1.53. The van der Waals surface area contributed by atoms with Crippen molar-refractivity contribution in [1.29, 1.82) is 0 Å². The molecule has 10 rings (SSSR count). The first kappa shape index (κ1) is 25.4. The zero-order valence-electron chi connectivity index (χ0n) is 23.3. The van der Waals surface area contributed by atoms with Crippen molar-refractivity contribution in [3.8, 4) is 5.75 Å². The van der Waals surface area contributed by atoms with Crippen LogP contribution in [-0.2, 0) is 14.9 Å². The summed E-state index contributed by atoms with van der Waals surface area (Å²) in [6, 6.07) is 21.3. The molecule has 2 spiro atoms. The lowest BCUT2D eigenvalue weighted by Crippen LogP contribution is -2.72. The van der Waals surface area contributed by atoms with Crippen LogP contribution >= 0.6 is 27.5 Å². The van der Waals surface area contributed by atoms with Gasteiger partial charge in [0.15, 0.2) is 12.5 Å². The molecule has 212 valence electrons. The van der Waals surface area contributed by atoms with Crippen molar-refractivity contribution in [2.75, 3.05) is 11.6 Å². The molecular formula is C35H30BrClN2O3. The van der Waals surface area contributed by atoms with E-state index in [0.29, 0.717) is 16.9 Å². The second-order valence-electron chi connectivity index (χ2n) is 13.1. The molecule has 4 aromatic carbocycles. The largest absolute Gasteiger partial charge is 0.459 e. The second kappa shape index (κ2) is 8.73. The number of benzene rings is 4. The van der Waals surface area contributed by atoms with E-state index >= 15 is 0 Å². The van der Waals surface area contributed by atoms with E-state index in [9.17, 15) is 4.79 Å². The normalized spacial score (nSPS) is 31.6. The van der Waals surface area contributed by atoms with Gasteiger partial charge in [0, 0.05) is 27.5 Å². The minimum atomic E-state index is -0.953. The van der Waals surface area contributed by atoms with Crippen molar-refractivity contribution in [3.63, 3.8) is 0 Å². The third kappa shape index (κ3) is 3.26. The number of aliphatic imine (C=N–C) groups is 1. The fourth-order valence-corrected chi connectivity index (χ4v) is 10.4. The average Bonchev–Trinajstić information content (AvgIpc) is 3.18. The number of carbonyl (C=O) groups excluding carboxylic acids is 1. The van der Waals surface area contributed by atoms with E-state index in [0.717, 1.165) is 49.6 Å². The van der Waals surface area contributed by atoms with E-state index in [1.165, 1.54) is 50.0 Å². The zero-order valence-corrected chi connectivity index (χ0v) is 25.6. The van der Waals surface area contributed by atoms with Crippen LogP contribution < -0.4 is 9.64 Å². The number of rotatable bonds is 2. The summed E-state index contributed by atoms with van der Waals surface area (Å²) in [5.74, 6) is 2.89. The molecule has 4 aromatic rings. The molecule has 2 heterocycles. The molecule has 4 bridgehead atoms. The standard InChI is InChI=1S/C35H30BrClN2O3/c1-19(40)41-18-39-32-16-28(37)5-6-30(32)35(25-9-20-8-21(11-25)12-26(35)10-20)34(39)17-38-31-7-3-23-13-22-2-4-27(36)14-24(22)15-29(23)33(31)42-34/h2-7,13-17,20-21,25-26H,8-12,18H2,1H3. The molecule has 42 heavy (non-hydrogen) atoms. The number of halogens is 2. The SMILES string of the molecule is CC(=O)OCN1c2cc(Cl)ccc2C2(C3CC4CC(C3)CC2C4)C12C=Nc1ccc3cc4ccc(Br)cc4cc3c1O2. The number of hydrogen-bond acceptors (Lipinski definition) is 5. The molecule has 0 amide bonds. The molecule has 6 aliphatic rings. The number of esters is 1. The lowest BCUT2D eigenvalue weighted by Gasteiger charge is -2.64. The lowest BCUT2D eigenvalue weighted by molar-refractivity contribution is -0.145. The van der Waals surface area contributed by atoms with Crippen molar-refractivity contribution in [2.45, 2.75) is 50.2 Å². The number of anilines is 1. The van der Waals surface area contributed by atoms with Crippen LogP contribution in [0.25, 0.3) is 21.5 Å². The third-order valence-corrected chi connectivity index (χ3v) is 11.7. The Hall–Kier alpha value is -3.09. The molecule has 4 fully saturated rings. The Labute approximate surface area is 258 Å². The minimum absolute atomic E-state index is 0.0682. The van der Waals surface area contributed by atoms with Gasteiger partial charge in [0.2, 0.25) is 5.72 Å². The van der Waals surface area contributed by atoms with Crippen LogP contribution in [0.5, 0.6) is 5.75 Å². The summed E-state index contributed by atoms with van der Waals surface area (Å²) in [5, 5.41) is 5.12. The highest BCUT2D eigenvalue weighted by atomic mass is 79.9. The minimum Gasteiger partial charge on any atom is -0.459 e. The predicted octanol–water partition coefficient (Wildman–Crippen LogP) is 8.93. The van der Waals surface area contributed by atoms with E-state index in [-0.39, 0.29) is 18.1 Å². The van der Waals surface area contributed by atoms with Crippen LogP contribution in [0.1, 0.15) is 44.6 Å². The first-order chi connectivity index (χ1) is 20.4. The number of nitrogens with zero attached hydrogens (tertiary/aromatic N) is 2. The monoisotopic (exact) mass is 640 g/mol. The van der Waals surface area contributed by atoms with Gasteiger partial charge < -0.3 is 9.47 Å². The van der Waals surface area contributed by atoms with Gasteiger partial charge >= 0.3 is 5.97 Å². The number of fused-ring (bicyclic) bond motifs is 5. The van der Waals surface area contributed by atoms with E-state index < -0.39 is 5.72 Å². The first-order valence-corrected chi connectivity index (χ1v) is 16.1. The first-order valence-electron chi connectivity index (χ1n) is 15.0. The fourth-order valence-electron chi connectivity index (χ4n) is 9.81. The molecule has 2 aliphatic heterocycles. The number of hydrogen-bond donors (Lipinski definition) is 0. The Kier molecular flexibility index (Phi) is 5.28. The van der Waals surface area contributed by atoms with Crippen LogP contribution in [0, 0.1) is 23.7 Å². The summed E-state index contributed by atoms with van der Waals surface area (Å²) in [7, 11) is 0. The van der Waals surface area contributed by atoms with Gasteiger partial charge in [-0.15, -0.1) is 0 Å². The van der Waals surface area contributed by atoms with Crippen molar-refractivity contribution < 1.29 is 14.3 Å². The fraction of sp³-hybridized carbons (Fsp3) is 0.371. The van der Waals surface area contributed by atoms with E-state index in [1.54, 1.807) is 0 Å². The molecule has 5 nitrogen and oxygen atoms in total. The van der Waals surface area contributed by atoms with Crippen LogP contribution in [-0.4, -0.2) is 24.6 Å². The Balaban J connectivity index is 1.31. The van der Waals surface area contributed by atoms with Gasteiger partial charge in [-0.25, -0.2) is 0 Å². The Bertz CT molecular complexity index is 1840. The Morgan fingerprint density at radius 3 is 2.50 bits per heavy atom. The molecule has 0 N–H and O–H groups in total. The van der Waals surface area contributed by atoms with Crippen molar-refractivity contribution >= 4 is 72.6 Å². The van der Waals surface area contributed by atoms with Gasteiger partial charge in [0.05, 0.1) is 11.6 Å². The zero-order chi connectivity index (χ0) is 28.4. The summed E-state index contributed by atoms with van der Waals surface area (Å²) in [4.78, 5) is 19.6. The highest BCUT2D eigenvalue weighted by molar-refractivity contribution is 9.10. The van der Waals surface area contributed by atoms with Crippen molar-refractivity contribution in [3.05, 3.63) is 75.7 Å². The molecule has 4 aliphatic carbocycles. The maximum atomic E-state index is 12.2. The highest BCUT2D eigenvalue weighted by Gasteiger charge is 2.74. The molecular weight excluding hydrogens is 612 g/mol. The molecule has 4 saturated carbocycles. The summed E-state index contributed by atoms with van der Waals surface area (Å²) < 4.78 is 14.4. The van der Waals surface area contributed by atoms with E-state index in [1.807, 2.05) is 18.3 Å². The van der Waals surface area contributed by atoms with Crippen LogP contribution in [0.15, 0.2) is 70.1 Å². The summed E-state index contributed by atoms with van der Waals surface area (Å²) >= 11 is 10.3. The maximum Gasteiger partial charge on any atom is 0.304 e. The quantitative estimate of drug-likeness (QED) is 0.162.